The summed E-state index contributed by atoms with van der Waals surface area (Å²) in [7, 11) is -7.52. The number of carbonyl (C=O) groups excluding carboxylic acids is 1. The number of rotatable bonds is 8. The molecule has 2 rings (SSSR count). The van der Waals surface area contributed by atoms with E-state index in [2.05, 4.69) is 10.0 Å². The monoisotopic (exact) mass is 414 g/mol. The van der Waals surface area contributed by atoms with Crippen molar-refractivity contribution in [2.45, 2.75) is 17.4 Å². The molecule has 2 aromatic carbocycles. The first-order valence-electron chi connectivity index (χ1n) is 7.89. The van der Waals surface area contributed by atoms with Gasteiger partial charge in [0.2, 0.25) is 15.9 Å². The van der Waals surface area contributed by atoms with Crippen molar-refractivity contribution in [1.82, 2.24) is 4.72 Å². The lowest BCUT2D eigenvalue weighted by molar-refractivity contribution is -0.117. The van der Waals surface area contributed by atoms with Crippen LogP contribution in [-0.2, 0) is 24.7 Å². The minimum Gasteiger partial charge on any atom is -0.322 e. The van der Waals surface area contributed by atoms with Crippen LogP contribution in [0.1, 0.15) is 6.42 Å². The molecular formula is C17H19FN2O5S2. The molecule has 10 heteroatoms. The van der Waals surface area contributed by atoms with Crippen molar-refractivity contribution in [1.29, 1.82) is 0 Å². The van der Waals surface area contributed by atoms with Gasteiger partial charge in [-0.25, -0.2) is 21.2 Å². The molecule has 0 aliphatic carbocycles. The molecule has 0 spiro atoms. The normalized spacial score (nSPS) is 13.1. The van der Waals surface area contributed by atoms with Crippen LogP contribution in [0.4, 0.5) is 10.1 Å². The summed E-state index contributed by atoms with van der Waals surface area (Å²) < 4.78 is 63.8. The molecule has 0 fully saturated rings. The smallest absolute Gasteiger partial charge is 0.242 e. The van der Waals surface area contributed by atoms with Crippen molar-refractivity contribution in [3.63, 3.8) is 0 Å². The van der Waals surface area contributed by atoms with Crippen molar-refractivity contribution in [2.75, 3.05) is 17.3 Å². The quantitative estimate of drug-likeness (QED) is 0.681. The molecule has 0 radical (unpaired) electrons. The van der Waals surface area contributed by atoms with E-state index in [0.717, 1.165) is 12.3 Å². The molecule has 0 heterocycles. The molecule has 146 valence electrons. The van der Waals surface area contributed by atoms with Crippen LogP contribution in [-0.4, -0.2) is 40.8 Å². The fourth-order valence-electron chi connectivity index (χ4n) is 2.21. The second-order valence-corrected chi connectivity index (χ2v) is 9.85. The number of sulfone groups is 1. The number of halogens is 1. The Kier molecular flexibility index (Phi) is 6.68. The van der Waals surface area contributed by atoms with Gasteiger partial charge in [-0.1, -0.05) is 30.3 Å². The van der Waals surface area contributed by atoms with E-state index in [1.54, 1.807) is 6.07 Å². The van der Waals surface area contributed by atoms with Gasteiger partial charge >= 0.3 is 0 Å². The summed E-state index contributed by atoms with van der Waals surface area (Å²) in [6.45, 7) is 0. The van der Waals surface area contributed by atoms with Crippen LogP contribution in [0.3, 0.4) is 0 Å². The zero-order valence-corrected chi connectivity index (χ0v) is 16.1. The second kappa shape index (κ2) is 8.59. The SMILES string of the molecule is CS(=O)(=O)CC[C@@H](NS(=O)(=O)c1ccccc1)C(=O)Nc1ccccc1F. The first-order valence-corrected chi connectivity index (χ1v) is 11.4. The van der Waals surface area contributed by atoms with Crippen LogP contribution >= 0.6 is 0 Å². The van der Waals surface area contributed by atoms with Crippen molar-refractivity contribution in [3.05, 3.63) is 60.4 Å². The summed E-state index contributed by atoms with van der Waals surface area (Å²) in [6, 6.07) is 11.3. The molecule has 0 unspecified atom stereocenters. The van der Waals surface area contributed by atoms with E-state index in [-0.39, 0.29) is 17.0 Å². The second-order valence-electron chi connectivity index (χ2n) is 5.87. The van der Waals surface area contributed by atoms with Gasteiger partial charge in [-0.15, -0.1) is 0 Å². The zero-order valence-electron chi connectivity index (χ0n) is 14.4. The van der Waals surface area contributed by atoms with Gasteiger partial charge in [0.1, 0.15) is 21.7 Å². The minimum absolute atomic E-state index is 0.0759. The maximum atomic E-state index is 13.7. The van der Waals surface area contributed by atoms with Crippen LogP contribution in [0.2, 0.25) is 0 Å². The van der Waals surface area contributed by atoms with Gasteiger partial charge < -0.3 is 5.32 Å². The van der Waals surface area contributed by atoms with Gasteiger partial charge in [0.15, 0.2) is 0 Å². The fourth-order valence-corrected chi connectivity index (χ4v) is 4.13. The summed E-state index contributed by atoms with van der Waals surface area (Å²) in [5.74, 6) is -1.97. The molecule has 0 aliphatic heterocycles. The summed E-state index contributed by atoms with van der Waals surface area (Å²) in [5.41, 5.74) is -0.134. The fraction of sp³-hybridized carbons (Fsp3) is 0.235. The first kappa shape index (κ1) is 21.0. The van der Waals surface area contributed by atoms with Crippen LogP contribution in [0, 0.1) is 5.82 Å². The average Bonchev–Trinajstić information content (AvgIpc) is 2.60. The first-order chi connectivity index (χ1) is 12.6. The minimum atomic E-state index is -4.07. The topological polar surface area (TPSA) is 109 Å². The van der Waals surface area contributed by atoms with Crippen LogP contribution < -0.4 is 10.0 Å². The third-order valence-corrected chi connectivity index (χ3v) is 6.04. The van der Waals surface area contributed by atoms with E-state index in [1.165, 1.54) is 42.5 Å². The number of hydrogen-bond acceptors (Lipinski definition) is 5. The van der Waals surface area contributed by atoms with Crippen molar-refractivity contribution < 1.29 is 26.0 Å². The highest BCUT2D eigenvalue weighted by Crippen LogP contribution is 2.15. The molecular weight excluding hydrogens is 395 g/mol. The molecule has 27 heavy (non-hydrogen) atoms. The Morgan fingerprint density at radius 2 is 1.59 bits per heavy atom. The molecule has 2 N–H and O–H groups in total. The van der Waals surface area contributed by atoms with E-state index in [1.807, 2.05) is 0 Å². The summed E-state index contributed by atoms with van der Waals surface area (Å²) in [4.78, 5) is 12.4. The van der Waals surface area contributed by atoms with Crippen LogP contribution in [0.25, 0.3) is 0 Å². The Bertz CT molecular complexity index is 1010. The van der Waals surface area contributed by atoms with Crippen LogP contribution in [0.5, 0.6) is 0 Å². The Labute approximate surface area is 157 Å². The lowest BCUT2D eigenvalue weighted by Gasteiger charge is -2.18. The maximum absolute atomic E-state index is 13.7. The van der Waals surface area contributed by atoms with Gasteiger partial charge in [0.05, 0.1) is 16.3 Å². The summed E-state index contributed by atoms with van der Waals surface area (Å²) >= 11 is 0. The van der Waals surface area contributed by atoms with Crippen molar-refractivity contribution >= 4 is 31.5 Å². The van der Waals surface area contributed by atoms with Gasteiger partial charge in [-0.05, 0) is 30.7 Å². The number of para-hydroxylation sites is 1. The number of amides is 1. The molecule has 0 aromatic heterocycles. The number of hydrogen-bond donors (Lipinski definition) is 2. The number of nitrogens with one attached hydrogen (secondary N) is 2. The van der Waals surface area contributed by atoms with Crippen molar-refractivity contribution in [2.24, 2.45) is 0 Å². The lowest BCUT2D eigenvalue weighted by Crippen LogP contribution is -2.44. The van der Waals surface area contributed by atoms with Gasteiger partial charge in [-0.2, -0.15) is 4.72 Å². The van der Waals surface area contributed by atoms with Crippen molar-refractivity contribution in [3.8, 4) is 0 Å². The van der Waals surface area contributed by atoms with Gasteiger partial charge in [0.25, 0.3) is 0 Å². The largest absolute Gasteiger partial charge is 0.322 e. The standard InChI is InChI=1S/C17H19FN2O5S2/c1-26(22,23)12-11-16(17(21)19-15-10-6-5-9-14(15)18)20-27(24,25)13-7-3-2-4-8-13/h2-10,16,20H,11-12H2,1H3,(H,19,21)/t16-/m1/s1. The molecule has 7 nitrogen and oxygen atoms in total. The van der Waals surface area contributed by atoms with E-state index in [0.29, 0.717) is 0 Å². The molecule has 0 saturated carbocycles. The highest BCUT2D eigenvalue weighted by atomic mass is 32.2. The molecule has 1 amide bonds. The Hall–Kier alpha value is -2.30. The predicted octanol–water partition coefficient (Wildman–Crippen LogP) is 1.55. The Morgan fingerprint density at radius 1 is 1.00 bits per heavy atom. The predicted molar refractivity (Wildman–Crippen MR) is 99.9 cm³/mol. The van der Waals surface area contributed by atoms with Gasteiger partial charge in [-0.3, -0.25) is 4.79 Å². The number of sulfonamides is 1. The van der Waals surface area contributed by atoms with E-state index in [4.69, 9.17) is 0 Å². The highest BCUT2D eigenvalue weighted by Gasteiger charge is 2.27. The maximum Gasteiger partial charge on any atom is 0.242 e. The molecule has 0 bridgehead atoms. The van der Waals surface area contributed by atoms with E-state index < -0.39 is 43.4 Å². The molecule has 1 atom stereocenters. The Balaban J connectivity index is 2.25. The number of benzene rings is 2. The average molecular weight is 414 g/mol. The Morgan fingerprint density at radius 3 is 2.19 bits per heavy atom. The summed E-state index contributed by atoms with van der Waals surface area (Å²) in [5, 5.41) is 2.28. The third kappa shape index (κ3) is 6.42. The third-order valence-electron chi connectivity index (χ3n) is 3.58. The van der Waals surface area contributed by atoms with Gasteiger partial charge in [0, 0.05) is 6.26 Å². The van der Waals surface area contributed by atoms with E-state index >= 15 is 0 Å². The van der Waals surface area contributed by atoms with Crippen LogP contribution in [0.15, 0.2) is 59.5 Å². The molecule has 0 aliphatic rings. The molecule has 2 aromatic rings. The zero-order chi connectivity index (χ0) is 20.1. The summed E-state index contributed by atoms with van der Waals surface area (Å²) in [6.07, 6.45) is 0.676. The van der Waals surface area contributed by atoms with E-state index in [9.17, 15) is 26.0 Å². The number of carbonyl (C=O) groups is 1. The number of anilines is 1. The highest BCUT2D eigenvalue weighted by molar-refractivity contribution is 7.90. The lowest BCUT2D eigenvalue weighted by atomic mass is 10.2. The molecule has 0 saturated heterocycles.